The van der Waals surface area contributed by atoms with Gasteiger partial charge in [0.1, 0.15) is 5.75 Å². The van der Waals surface area contributed by atoms with Crippen molar-refractivity contribution in [2.45, 2.75) is 43.7 Å². The summed E-state index contributed by atoms with van der Waals surface area (Å²) in [6.07, 6.45) is 5.32. The molecule has 3 rings (SSSR count). The molecule has 0 radical (unpaired) electrons. The summed E-state index contributed by atoms with van der Waals surface area (Å²) in [4.78, 5) is 0. The van der Waals surface area contributed by atoms with Gasteiger partial charge in [-0.05, 0) is 59.4 Å². The summed E-state index contributed by atoms with van der Waals surface area (Å²) in [6, 6.07) is 6.48. The minimum absolute atomic E-state index is 0.247. The zero-order valence-electron chi connectivity index (χ0n) is 11.9. The van der Waals surface area contributed by atoms with Crippen LogP contribution in [0, 0.1) is 5.92 Å². The van der Waals surface area contributed by atoms with Crippen LogP contribution in [0.15, 0.2) is 22.7 Å². The van der Waals surface area contributed by atoms with Gasteiger partial charge < -0.3 is 15.2 Å². The summed E-state index contributed by atoms with van der Waals surface area (Å²) in [5.41, 5.74) is 0.767. The third-order valence-electron chi connectivity index (χ3n) is 4.92. The maximum Gasteiger partial charge on any atom is 0.133 e. The van der Waals surface area contributed by atoms with Crippen LogP contribution in [-0.4, -0.2) is 24.4 Å². The molecule has 1 heterocycles. The Morgan fingerprint density at radius 1 is 1.35 bits per heavy atom. The van der Waals surface area contributed by atoms with Crippen LogP contribution in [0.5, 0.6) is 5.75 Å². The highest BCUT2D eigenvalue weighted by Crippen LogP contribution is 2.46. The fourth-order valence-electron chi connectivity index (χ4n) is 3.85. The third-order valence-corrected chi connectivity index (χ3v) is 5.54. The second-order valence-electron chi connectivity index (χ2n) is 6.03. The van der Waals surface area contributed by atoms with Crippen molar-refractivity contribution in [3.05, 3.63) is 28.2 Å². The van der Waals surface area contributed by atoms with Gasteiger partial charge in [0.25, 0.3) is 0 Å². The fraction of sp³-hybridized carbons (Fsp3) is 0.625. The number of rotatable bonds is 2. The summed E-state index contributed by atoms with van der Waals surface area (Å²) in [5, 5.41) is 14.5. The van der Waals surface area contributed by atoms with Crippen LogP contribution in [-0.2, 0) is 0 Å². The van der Waals surface area contributed by atoms with Gasteiger partial charge in [-0.1, -0.05) is 18.9 Å². The van der Waals surface area contributed by atoms with Crippen LogP contribution in [0.4, 0.5) is 0 Å². The summed E-state index contributed by atoms with van der Waals surface area (Å²) < 4.78 is 6.27. The van der Waals surface area contributed by atoms with E-state index in [4.69, 9.17) is 4.74 Å². The summed E-state index contributed by atoms with van der Waals surface area (Å²) in [6.45, 7) is 0.890. The number of fused-ring (bicyclic) bond motifs is 1. The average molecular weight is 340 g/mol. The van der Waals surface area contributed by atoms with Crippen LogP contribution in [0.2, 0.25) is 0 Å². The lowest BCUT2D eigenvalue weighted by atomic mass is 9.67. The first-order chi connectivity index (χ1) is 9.64. The molecule has 1 aromatic carbocycles. The van der Waals surface area contributed by atoms with E-state index in [0.717, 1.165) is 42.5 Å². The molecule has 1 aliphatic heterocycles. The lowest BCUT2D eigenvalue weighted by Gasteiger charge is -2.48. The van der Waals surface area contributed by atoms with E-state index in [-0.39, 0.29) is 6.04 Å². The molecule has 3 atom stereocenters. The molecule has 0 unspecified atom stereocenters. The minimum Gasteiger partial charge on any atom is -0.496 e. The molecule has 4 heteroatoms. The SMILES string of the molecule is COc1ccc([C@@H]2NCC[C@]3(O)CCCC[C@@H]23)cc1Br. The average Bonchev–Trinajstić information content (AvgIpc) is 2.45. The van der Waals surface area contributed by atoms with Crippen molar-refractivity contribution in [1.29, 1.82) is 0 Å². The van der Waals surface area contributed by atoms with Crippen LogP contribution < -0.4 is 10.1 Å². The molecule has 1 aromatic rings. The van der Waals surface area contributed by atoms with Crippen molar-refractivity contribution in [2.24, 2.45) is 5.92 Å². The van der Waals surface area contributed by atoms with Gasteiger partial charge in [0, 0.05) is 12.0 Å². The molecule has 1 aliphatic carbocycles. The Morgan fingerprint density at radius 3 is 2.95 bits per heavy atom. The molecule has 0 aromatic heterocycles. The number of ether oxygens (including phenoxy) is 1. The molecule has 0 bridgehead atoms. The second-order valence-corrected chi connectivity index (χ2v) is 6.89. The molecule has 20 heavy (non-hydrogen) atoms. The molecule has 0 spiro atoms. The van der Waals surface area contributed by atoms with Gasteiger partial charge in [-0.2, -0.15) is 0 Å². The highest BCUT2D eigenvalue weighted by molar-refractivity contribution is 9.10. The van der Waals surface area contributed by atoms with E-state index in [1.165, 1.54) is 12.0 Å². The van der Waals surface area contributed by atoms with E-state index in [2.05, 4.69) is 33.4 Å². The van der Waals surface area contributed by atoms with E-state index in [0.29, 0.717) is 5.92 Å². The third kappa shape index (κ3) is 2.49. The summed E-state index contributed by atoms with van der Waals surface area (Å²) in [7, 11) is 1.68. The van der Waals surface area contributed by atoms with Crippen molar-refractivity contribution in [3.63, 3.8) is 0 Å². The number of benzene rings is 1. The van der Waals surface area contributed by atoms with Gasteiger partial charge in [0.2, 0.25) is 0 Å². The predicted molar refractivity (Wildman–Crippen MR) is 83.0 cm³/mol. The molecule has 1 saturated carbocycles. The Balaban J connectivity index is 1.90. The first-order valence-electron chi connectivity index (χ1n) is 7.43. The Labute approximate surface area is 128 Å². The van der Waals surface area contributed by atoms with E-state index in [9.17, 15) is 5.11 Å². The van der Waals surface area contributed by atoms with E-state index in [1.807, 2.05) is 6.07 Å². The van der Waals surface area contributed by atoms with Crippen LogP contribution in [0.1, 0.15) is 43.7 Å². The number of hydrogen-bond acceptors (Lipinski definition) is 3. The van der Waals surface area contributed by atoms with Crippen molar-refractivity contribution in [1.82, 2.24) is 5.32 Å². The highest BCUT2D eigenvalue weighted by atomic mass is 79.9. The van der Waals surface area contributed by atoms with E-state index < -0.39 is 5.60 Å². The van der Waals surface area contributed by atoms with Crippen LogP contribution in [0.3, 0.4) is 0 Å². The van der Waals surface area contributed by atoms with Gasteiger partial charge in [0.15, 0.2) is 0 Å². The van der Waals surface area contributed by atoms with Crippen molar-refractivity contribution < 1.29 is 9.84 Å². The van der Waals surface area contributed by atoms with Gasteiger partial charge in [-0.3, -0.25) is 0 Å². The van der Waals surface area contributed by atoms with E-state index in [1.54, 1.807) is 7.11 Å². The van der Waals surface area contributed by atoms with Crippen LogP contribution in [0.25, 0.3) is 0 Å². The van der Waals surface area contributed by atoms with E-state index >= 15 is 0 Å². The maximum atomic E-state index is 10.9. The Kier molecular flexibility index (Phi) is 4.07. The summed E-state index contributed by atoms with van der Waals surface area (Å²) in [5.74, 6) is 1.17. The second kappa shape index (κ2) is 5.66. The Bertz CT molecular complexity index is 489. The number of aliphatic hydroxyl groups is 1. The smallest absolute Gasteiger partial charge is 0.133 e. The van der Waals surface area contributed by atoms with Gasteiger partial charge in [-0.25, -0.2) is 0 Å². The molecule has 2 N–H and O–H groups in total. The highest BCUT2D eigenvalue weighted by Gasteiger charge is 2.45. The molecule has 2 aliphatic rings. The number of halogens is 1. The molecule has 0 amide bonds. The minimum atomic E-state index is -0.472. The van der Waals surface area contributed by atoms with Crippen molar-refractivity contribution in [3.8, 4) is 5.75 Å². The molecule has 110 valence electrons. The molecule has 1 saturated heterocycles. The summed E-state index contributed by atoms with van der Waals surface area (Å²) >= 11 is 3.56. The van der Waals surface area contributed by atoms with Crippen LogP contribution >= 0.6 is 15.9 Å². The quantitative estimate of drug-likeness (QED) is 0.867. The monoisotopic (exact) mass is 339 g/mol. The first kappa shape index (κ1) is 14.4. The largest absolute Gasteiger partial charge is 0.496 e. The standard InChI is InChI=1S/C16H22BrNO2/c1-20-14-6-5-11(10-13(14)17)15-12-4-2-3-7-16(12,19)8-9-18-15/h5-6,10,12,15,18-19H,2-4,7-9H2,1H3/t12-,15-,16+/m0/s1. The lowest BCUT2D eigenvalue weighted by molar-refractivity contribution is -0.0861. The predicted octanol–water partition coefficient (Wildman–Crippen LogP) is 3.41. The van der Waals surface area contributed by atoms with Crippen molar-refractivity contribution >= 4 is 15.9 Å². The van der Waals surface area contributed by atoms with Gasteiger partial charge >= 0.3 is 0 Å². The van der Waals surface area contributed by atoms with Gasteiger partial charge in [0.05, 0.1) is 17.2 Å². The maximum absolute atomic E-state index is 10.9. The molecule has 2 fully saturated rings. The van der Waals surface area contributed by atoms with Crippen molar-refractivity contribution in [2.75, 3.05) is 13.7 Å². The zero-order chi connectivity index (χ0) is 14.2. The molecular formula is C16H22BrNO2. The molecular weight excluding hydrogens is 318 g/mol. The Morgan fingerprint density at radius 2 is 2.20 bits per heavy atom. The van der Waals surface area contributed by atoms with Gasteiger partial charge in [-0.15, -0.1) is 0 Å². The Hall–Kier alpha value is -0.580. The fourth-order valence-corrected chi connectivity index (χ4v) is 4.41. The zero-order valence-corrected chi connectivity index (χ0v) is 13.4. The number of hydrogen-bond donors (Lipinski definition) is 2. The first-order valence-corrected chi connectivity index (χ1v) is 8.22. The number of methoxy groups -OCH3 is 1. The normalized spacial score (nSPS) is 33.5. The lowest BCUT2D eigenvalue weighted by Crippen LogP contribution is -2.53. The number of nitrogens with one attached hydrogen (secondary N) is 1. The topological polar surface area (TPSA) is 41.5 Å². The number of piperidine rings is 1. The molecule has 3 nitrogen and oxygen atoms in total.